The zero-order valence-corrected chi connectivity index (χ0v) is 7.88. The van der Waals surface area contributed by atoms with E-state index in [1.54, 1.807) is 23.4 Å². The molecular weight excluding hydrogens is 192 g/mol. The van der Waals surface area contributed by atoms with Gasteiger partial charge in [0.2, 0.25) is 5.88 Å². The molecule has 0 spiro atoms. The van der Waals surface area contributed by atoms with Crippen LogP contribution in [0, 0.1) is 0 Å². The second-order valence-electron chi connectivity index (χ2n) is 3.39. The quantitative estimate of drug-likeness (QED) is 0.632. The number of carbonyl (C=O) groups is 1. The highest BCUT2D eigenvalue weighted by Gasteiger charge is 2.24. The van der Waals surface area contributed by atoms with E-state index >= 15 is 0 Å². The van der Waals surface area contributed by atoms with Gasteiger partial charge in [-0.05, 0) is 12.1 Å². The number of pyridine rings is 1. The lowest BCUT2D eigenvalue weighted by molar-refractivity contribution is -0.123. The molecule has 1 amide bonds. The summed E-state index contributed by atoms with van der Waals surface area (Å²) in [7, 11) is 0. The highest BCUT2D eigenvalue weighted by atomic mass is 16.5. The molecule has 0 atom stereocenters. The summed E-state index contributed by atoms with van der Waals surface area (Å²) in [6.45, 7) is 0.515. The Kier molecular flexibility index (Phi) is 1.62. The van der Waals surface area contributed by atoms with Crippen molar-refractivity contribution in [1.29, 1.82) is 0 Å². The average molecular weight is 200 g/mol. The first-order chi connectivity index (χ1) is 7.34. The van der Waals surface area contributed by atoms with Crippen molar-refractivity contribution < 1.29 is 9.53 Å². The summed E-state index contributed by atoms with van der Waals surface area (Å²) in [5, 5.41) is 0. The van der Waals surface area contributed by atoms with Gasteiger partial charge in [-0.25, -0.2) is 4.98 Å². The number of rotatable bonds is 0. The van der Waals surface area contributed by atoms with Crippen LogP contribution in [0.1, 0.15) is 5.56 Å². The molecule has 0 aromatic carbocycles. The largest absolute Gasteiger partial charge is 0.444 e. The fourth-order valence-corrected chi connectivity index (χ4v) is 1.67. The fourth-order valence-electron chi connectivity index (χ4n) is 1.67. The minimum atomic E-state index is -0.0125. The van der Waals surface area contributed by atoms with E-state index in [1.165, 1.54) is 6.08 Å². The second kappa shape index (κ2) is 2.95. The van der Waals surface area contributed by atoms with Gasteiger partial charge in [-0.1, -0.05) is 6.07 Å². The van der Waals surface area contributed by atoms with Crippen molar-refractivity contribution in [3.8, 4) is 5.88 Å². The van der Waals surface area contributed by atoms with Crippen LogP contribution >= 0.6 is 0 Å². The summed E-state index contributed by atoms with van der Waals surface area (Å²) in [5.74, 6) is 0.558. The molecule has 0 N–H and O–H groups in total. The Morgan fingerprint density at radius 1 is 1.40 bits per heavy atom. The van der Waals surface area contributed by atoms with E-state index in [1.807, 2.05) is 12.1 Å². The molecule has 4 heteroatoms. The number of nitrogens with zero attached hydrogens (tertiary/aromatic N) is 2. The van der Waals surface area contributed by atoms with E-state index in [9.17, 15) is 4.79 Å². The maximum atomic E-state index is 11.5. The molecule has 3 rings (SSSR count). The van der Waals surface area contributed by atoms with Crippen LogP contribution in [0.5, 0.6) is 5.88 Å². The van der Waals surface area contributed by atoms with Crippen molar-refractivity contribution in [3.05, 3.63) is 48.0 Å². The molecule has 3 heterocycles. The van der Waals surface area contributed by atoms with Crippen molar-refractivity contribution in [2.45, 2.75) is 6.54 Å². The van der Waals surface area contributed by atoms with Crippen LogP contribution in [-0.4, -0.2) is 15.8 Å². The lowest BCUT2D eigenvalue weighted by Gasteiger charge is -2.14. The molecule has 0 saturated heterocycles. The Morgan fingerprint density at radius 2 is 2.33 bits per heavy atom. The molecule has 0 radical (unpaired) electrons. The number of allylic oxidation sites excluding steroid dienone is 1. The molecule has 0 aliphatic carbocycles. The zero-order valence-electron chi connectivity index (χ0n) is 7.88. The van der Waals surface area contributed by atoms with Crippen LogP contribution in [0.2, 0.25) is 0 Å². The van der Waals surface area contributed by atoms with Crippen LogP contribution in [-0.2, 0) is 11.3 Å². The highest BCUT2D eigenvalue weighted by molar-refractivity contribution is 5.93. The molecule has 15 heavy (non-hydrogen) atoms. The third-order valence-corrected chi connectivity index (χ3v) is 2.44. The Balaban J connectivity index is 2.06. The topological polar surface area (TPSA) is 42.4 Å². The predicted molar refractivity (Wildman–Crippen MR) is 52.6 cm³/mol. The molecule has 0 unspecified atom stereocenters. The molecule has 2 aliphatic rings. The van der Waals surface area contributed by atoms with Crippen molar-refractivity contribution in [2.24, 2.45) is 0 Å². The van der Waals surface area contributed by atoms with Crippen LogP contribution in [0.25, 0.3) is 0 Å². The van der Waals surface area contributed by atoms with E-state index in [2.05, 4.69) is 4.98 Å². The van der Waals surface area contributed by atoms with Gasteiger partial charge in [0.25, 0.3) is 5.91 Å². The molecule has 0 saturated carbocycles. The Morgan fingerprint density at radius 3 is 3.27 bits per heavy atom. The van der Waals surface area contributed by atoms with E-state index in [0.717, 1.165) is 11.3 Å². The van der Waals surface area contributed by atoms with Crippen LogP contribution in [0.3, 0.4) is 0 Å². The van der Waals surface area contributed by atoms with Gasteiger partial charge in [0.1, 0.15) is 6.26 Å². The van der Waals surface area contributed by atoms with Crippen molar-refractivity contribution in [3.63, 3.8) is 0 Å². The summed E-state index contributed by atoms with van der Waals surface area (Å²) < 4.78 is 5.39. The van der Waals surface area contributed by atoms with Gasteiger partial charge in [0, 0.05) is 17.8 Å². The third-order valence-electron chi connectivity index (χ3n) is 2.44. The van der Waals surface area contributed by atoms with Crippen LogP contribution in [0.4, 0.5) is 0 Å². The predicted octanol–water partition coefficient (Wildman–Crippen LogP) is 1.21. The molecule has 1 aromatic heterocycles. The lowest BCUT2D eigenvalue weighted by Crippen LogP contribution is -2.22. The molecule has 74 valence electrons. The molecule has 2 aliphatic heterocycles. The first-order valence-corrected chi connectivity index (χ1v) is 4.65. The van der Waals surface area contributed by atoms with Crippen LogP contribution in [0.15, 0.2) is 42.4 Å². The van der Waals surface area contributed by atoms with E-state index in [0.29, 0.717) is 12.4 Å². The lowest BCUT2D eigenvalue weighted by atomic mass is 10.2. The Labute approximate surface area is 86.5 Å². The van der Waals surface area contributed by atoms with Crippen molar-refractivity contribution >= 4 is 5.91 Å². The number of hydrogen-bond donors (Lipinski definition) is 0. The van der Waals surface area contributed by atoms with Crippen molar-refractivity contribution in [1.82, 2.24) is 9.88 Å². The average Bonchev–Trinajstić information content (AvgIpc) is 2.51. The first-order valence-electron chi connectivity index (χ1n) is 4.65. The van der Waals surface area contributed by atoms with Gasteiger partial charge >= 0.3 is 0 Å². The molecule has 0 bridgehead atoms. The standard InChI is InChI=1S/C11H8N2O2/c14-10-4-3-9-7-15-11-8(6-13(9)10)2-1-5-12-11/h1-5,7H,6H2. The van der Waals surface area contributed by atoms with Crippen LogP contribution < -0.4 is 4.74 Å². The van der Waals surface area contributed by atoms with Gasteiger partial charge in [0.05, 0.1) is 12.2 Å². The van der Waals surface area contributed by atoms with E-state index in [4.69, 9.17) is 4.74 Å². The minimum absolute atomic E-state index is 0.0125. The second-order valence-corrected chi connectivity index (χ2v) is 3.39. The maximum absolute atomic E-state index is 11.5. The van der Waals surface area contributed by atoms with Crippen molar-refractivity contribution in [2.75, 3.05) is 0 Å². The summed E-state index contributed by atoms with van der Waals surface area (Å²) >= 11 is 0. The number of hydrogen-bond acceptors (Lipinski definition) is 3. The van der Waals surface area contributed by atoms with Gasteiger partial charge in [0.15, 0.2) is 0 Å². The van der Waals surface area contributed by atoms with Gasteiger partial charge in [-0.3, -0.25) is 4.79 Å². The SMILES string of the molecule is O=C1C=CC2=COc3ncccc3CN12. The van der Waals surface area contributed by atoms with Gasteiger partial charge in [-0.15, -0.1) is 0 Å². The molecule has 0 fully saturated rings. The van der Waals surface area contributed by atoms with E-state index < -0.39 is 0 Å². The molecule has 4 nitrogen and oxygen atoms in total. The smallest absolute Gasteiger partial charge is 0.251 e. The maximum Gasteiger partial charge on any atom is 0.251 e. The van der Waals surface area contributed by atoms with Gasteiger partial charge < -0.3 is 9.64 Å². The summed E-state index contributed by atoms with van der Waals surface area (Å²) in [5.41, 5.74) is 1.69. The number of carbonyl (C=O) groups excluding carboxylic acids is 1. The first kappa shape index (κ1) is 8.23. The zero-order chi connectivity index (χ0) is 10.3. The summed E-state index contributed by atoms with van der Waals surface area (Å²) in [6, 6.07) is 3.74. The monoisotopic (exact) mass is 200 g/mol. The highest BCUT2D eigenvalue weighted by Crippen LogP contribution is 2.26. The number of aromatic nitrogens is 1. The van der Waals surface area contributed by atoms with E-state index in [-0.39, 0.29) is 5.91 Å². The third kappa shape index (κ3) is 1.22. The number of amides is 1. The minimum Gasteiger partial charge on any atom is -0.444 e. The Bertz CT molecular complexity index is 491. The van der Waals surface area contributed by atoms with Gasteiger partial charge in [-0.2, -0.15) is 0 Å². The molecule has 1 aromatic rings. The molecular formula is C11H8N2O2. The summed E-state index contributed by atoms with van der Waals surface area (Å²) in [4.78, 5) is 17.3. The Hall–Kier alpha value is -2.10. The summed E-state index contributed by atoms with van der Waals surface area (Å²) in [6.07, 6.45) is 6.51. The number of fused-ring (bicyclic) bond motifs is 2. The normalized spacial score (nSPS) is 17.7. The fraction of sp³-hybridized carbons (Fsp3) is 0.0909. The number of ether oxygens (including phenoxy) is 1.